The van der Waals surface area contributed by atoms with Crippen molar-refractivity contribution in [3.63, 3.8) is 0 Å². The van der Waals surface area contributed by atoms with E-state index in [1.807, 2.05) is 18.2 Å². The molecular formula is C17H22O3. The molecule has 3 nitrogen and oxygen atoms in total. The predicted molar refractivity (Wildman–Crippen MR) is 76.3 cm³/mol. The lowest BCUT2D eigenvalue weighted by molar-refractivity contribution is -0.0609. The molecule has 0 amide bonds. The Hall–Kier alpha value is -1.35. The lowest BCUT2D eigenvalue weighted by Gasteiger charge is -2.42. The Bertz CT molecular complexity index is 484. The molecule has 0 aliphatic heterocycles. The minimum atomic E-state index is -0.245. The van der Waals surface area contributed by atoms with E-state index < -0.39 is 0 Å². The molecule has 3 heteroatoms. The molecule has 2 aliphatic carbocycles. The first-order valence-electron chi connectivity index (χ1n) is 7.55. The third-order valence-electron chi connectivity index (χ3n) is 5.28. The molecule has 1 N–H and O–H groups in total. The quantitative estimate of drug-likeness (QED) is 0.843. The van der Waals surface area contributed by atoms with Gasteiger partial charge in [0.2, 0.25) is 0 Å². The van der Waals surface area contributed by atoms with Gasteiger partial charge in [-0.05, 0) is 49.7 Å². The van der Waals surface area contributed by atoms with Crippen molar-refractivity contribution in [2.24, 2.45) is 11.3 Å². The van der Waals surface area contributed by atoms with Crippen LogP contribution in [0.1, 0.15) is 49.4 Å². The Balaban J connectivity index is 1.73. The number of rotatable bonds is 2. The Morgan fingerprint density at radius 1 is 1.25 bits per heavy atom. The smallest absolute Gasteiger partial charge is 0.338 e. The van der Waals surface area contributed by atoms with Crippen molar-refractivity contribution in [3.8, 4) is 0 Å². The SMILES string of the molecule is C[C@]12CCC[C@H](OC(=O)c3ccccc3)[C@@H]1CC[C@@H]2O. The standard InChI is InChI=1S/C17H22O3/c1-17-11-5-8-14(13(17)9-10-15(17)18)20-16(19)12-6-3-2-4-7-12/h2-4,6-7,13-15,18H,5,8-11H2,1H3/t13-,14-,15-,17-/m0/s1. The molecule has 2 saturated carbocycles. The predicted octanol–water partition coefficient (Wildman–Crippen LogP) is 3.17. The average molecular weight is 274 g/mol. The second-order valence-corrected chi connectivity index (χ2v) is 6.41. The van der Waals surface area contributed by atoms with Crippen molar-refractivity contribution in [1.82, 2.24) is 0 Å². The molecule has 0 bridgehead atoms. The molecule has 2 aliphatic rings. The largest absolute Gasteiger partial charge is 0.458 e. The van der Waals surface area contributed by atoms with Crippen LogP contribution in [0.3, 0.4) is 0 Å². The van der Waals surface area contributed by atoms with E-state index in [4.69, 9.17) is 4.74 Å². The summed E-state index contributed by atoms with van der Waals surface area (Å²) < 4.78 is 5.75. The Morgan fingerprint density at radius 2 is 2.00 bits per heavy atom. The molecular weight excluding hydrogens is 252 g/mol. The van der Waals surface area contributed by atoms with Crippen LogP contribution in [-0.2, 0) is 4.74 Å². The second-order valence-electron chi connectivity index (χ2n) is 6.41. The molecule has 0 aromatic heterocycles. The number of benzene rings is 1. The normalized spacial score (nSPS) is 36.4. The third kappa shape index (κ3) is 2.24. The van der Waals surface area contributed by atoms with Crippen LogP contribution >= 0.6 is 0 Å². The molecule has 108 valence electrons. The van der Waals surface area contributed by atoms with Crippen LogP contribution in [-0.4, -0.2) is 23.3 Å². The number of hydrogen-bond acceptors (Lipinski definition) is 3. The summed E-state index contributed by atoms with van der Waals surface area (Å²) in [7, 11) is 0. The molecule has 1 aromatic rings. The van der Waals surface area contributed by atoms with Gasteiger partial charge in [0, 0.05) is 5.92 Å². The van der Waals surface area contributed by atoms with E-state index >= 15 is 0 Å². The van der Waals surface area contributed by atoms with Gasteiger partial charge < -0.3 is 9.84 Å². The van der Waals surface area contributed by atoms with Gasteiger partial charge in [-0.15, -0.1) is 0 Å². The molecule has 0 saturated heterocycles. The van der Waals surface area contributed by atoms with Gasteiger partial charge in [0.15, 0.2) is 0 Å². The summed E-state index contributed by atoms with van der Waals surface area (Å²) in [5, 5.41) is 10.2. The van der Waals surface area contributed by atoms with E-state index in [9.17, 15) is 9.90 Å². The Kier molecular flexibility index (Phi) is 3.55. The summed E-state index contributed by atoms with van der Waals surface area (Å²) in [6.45, 7) is 2.15. The monoisotopic (exact) mass is 274 g/mol. The number of esters is 1. The van der Waals surface area contributed by atoms with Crippen LogP contribution in [0.25, 0.3) is 0 Å². The maximum atomic E-state index is 12.2. The Labute approximate surface area is 120 Å². The maximum Gasteiger partial charge on any atom is 0.338 e. The van der Waals surface area contributed by atoms with Crippen LogP contribution in [0, 0.1) is 11.3 Å². The van der Waals surface area contributed by atoms with Gasteiger partial charge in [0.25, 0.3) is 0 Å². The maximum absolute atomic E-state index is 12.2. The molecule has 4 atom stereocenters. The van der Waals surface area contributed by atoms with Crippen molar-refractivity contribution >= 4 is 5.97 Å². The van der Waals surface area contributed by atoms with Crippen molar-refractivity contribution in [2.45, 2.75) is 51.2 Å². The summed E-state index contributed by atoms with van der Waals surface area (Å²) in [4.78, 5) is 12.2. The zero-order valence-electron chi connectivity index (χ0n) is 11.9. The first-order valence-corrected chi connectivity index (χ1v) is 7.55. The molecule has 2 fully saturated rings. The number of aliphatic hydroxyl groups excluding tert-OH is 1. The molecule has 1 aromatic carbocycles. The number of fused-ring (bicyclic) bond motifs is 1. The van der Waals surface area contributed by atoms with Crippen molar-refractivity contribution in [1.29, 1.82) is 0 Å². The zero-order valence-corrected chi connectivity index (χ0v) is 11.9. The molecule has 20 heavy (non-hydrogen) atoms. The van der Waals surface area contributed by atoms with Crippen LogP contribution in [0.2, 0.25) is 0 Å². The zero-order chi connectivity index (χ0) is 14.2. The van der Waals surface area contributed by atoms with E-state index in [-0.39, 0.29) is 23.6 Å². The molecule has 0 heterocycles. The van der Waals surface area contributed by atoms with E-state index in [0.29, 0.717) is 11.5 Å². The van der Waals surface area contributed by atoms with Crippen LogP contribution in [0.15, 0.2) is 30.3 Å². The summed E-state index contributed by atoms with van der Waals surface area (Å²) in [6.07, 6.45) is 4.50. The second kappa shape index (κ2) is 5.21. The van der Waals surface area contributed by atoms with Gasteiger partial charge in [-0.3, -0.25) is 0 Å². The fourth-order valence-corrected chi connectivity index (χ4v) is 4.01. The Morgan fingerprint density at radius 3 is 2.75 bits per heavy atom. The van der Waals surface area contributed by atoms with E-state index in [1.54, 1.807) is 12.1 Å². The highest BCUT2D eigenvalue weighted by atomic mass is 16.5. The minimum Gasteiger partial charge on any atom is -0.458 e. The minimum absolute atomic E-state index is 0.0430. The third-order valence-corrected chi connectivity index (χ3v) is 5.28. The number of hydrogen-bond donors (Lipinski definition) is 1. The van der Waals surface area contributed by atoms with E-state index in [0.717, 1.165) is 32.1 Å². The fraction of sp³-hybridized carbons (Fsp3) is 0.588. The highest BCUT2D eigenvalue weighted by Gasteiger charge is 2.52. The highest BCUT2D eigenvalue weighted by molar-refractivity contribution is 5.89. The topological polar surface area (TPSA) is 46.5 Å². The summed E-state index contributed by atoms with van der Waals surface area (Å²) in [5.41, 5.74) is 0.540. The summed E-state index contributed by atoms with van der Waals surface area (Å²) >= 11 is 0. The average Bonchev–Trinajstić information content (AvgIpc) is 2.77. The van der Waals surface area contributed by atoms with E-state index in [2.05, 4.69) is 6.92 Å². The van der Waals surface area contributed by atoms with Crippen LogP contribution in [0.4, 0.5) is 0 Å². The van der Waals surface area contributed by atoms with Crippen molar-refractivity contribution < 1.29 is 14.6 Å². The van der Waals surface area contributed by atoms with Crippen LogP contribution in [0.5, 0.6) is 0 Å². The molecule has 0 spiro atoms. The number of ether oxygens (including phenoxy) is 1. The van der Waals surface area contributed by atoms with E-state index in [1.165, 1.54) is 0 Å². The molecule has 0 unspecified atom stereocenters. The van der Waals surface area contributed by atoms with Gasteiger partial charge in [-0.1, -0.05) is 25.1 Å². The van der Waals surface area contributed by atoms with Gasteiger partial charge >= 0.3 is 5.97 Å². The number of carbonyl (C=O) groups excluding carboxylic acids is 1. The van der Waals surface area contributed by atoms with Gasteiger partial charge in [0.1, 0.15) is 6.10 Å². The van der Waals surface area contributed by atoms with Crippen molar-refractivity contribution in [3.05, 3.63) is 35.9 Å². The first-order chi connectivity index (χ1) is 9.61. The van der Waals surface area contributed by atoms with Gasteiger partial charge in [-0.25, -0.2) is 4.79 Å². The number of carbonyl (C=O) groups is 1. The number of aliphatic hydroxyl groups is 1. The summed E-state index contributed by atoms with van der Waals surface area (Å²) in [5.74, 6) is 0.0696. The van der Waals surface area contributed by atoms with Gasteiger partial charge in [-0.2, -0.15) is 0 Å². The lowest BCUT2D eigenvalue weighted by Crippen LogP contribution is -2.43. The lowest BCUT2D eigenvalue weighted by atomic mass is 9.67. The summed E-state index contributed by atoms with van der Waals surface area (Å²) in [6, 6.07) is 9.16. The molecule has 3 rings (SSSR count). The fourth-order valence-electron chi connectivity index (χ4n) is 4.01. The van der Waals surface area contributed by atoms with Gasteiger partial charge in [0.05, 0.1) is 11.7 Å². The highest BCUT2D eigenvalue weighted by Crippen LogP contribution is 2.52. The molecule has 0 radical (unpaired) electrons. The van der Waals surface area contributed by atoms with Crippen molar-refractivity contribution in [2.75, 3.05) is 0 Å². The first kappa shape index (κ1) is 13.6. The van der Waals surface area contributed by atoms with Crippen LogP contribution < -0.4 is 0 Å².